The van der Waals surface area contributed by atoms with Gasteiger partial charge in [0, 0.05) is 37.0 Å². The van der Waals surface area contributed by atoms with E-state index in [1.807, 2.05) is 22.4 Å². The van der Waals surface area contributed by atoms with Gasteiger partial charge < -0.3 is 10.2 Å². The molecule has 1 aliphatic heterocycles. The van der Waals surface area contributed by atoms with Crippen LogP contribution in [0.4, 0.5) is 0 Å². The molecule has 2 amide bonds. The lowest BCUT2D eigenvalue weighted by Gasteiger charge is -2.14. The Morgan fingerprint density at radius 1 is 1.37 bits per heavy atom. The first-order valence-electron chi connectivity index (χ1n) is 6.53. The lowest BCUT2D eigenvalue weighted by atomic mass is 10.3. The molecule has 0 atom stereocenters. The van der Waals surface area contributed by atoms with E-state index in [4.69, 9.17) is 0 Å². The third kappa shape index (κ3) is 4.52. The van der Waals surface area contributed by atoms with Gasteiger partial charge in [0.15, 0.2) is 0 Å². The smallest absolute Gasteiger partial charge is 0.244 e. The summed E-state index contributed by atoms with van der Waals surface area (Å²) in [4.78, 5) is 26.2. The van der Waals surface area contributed by atoms with Gasteiger partial charge in [-0.15, -0.1) is 11.3 Å². The summed E-state index contributed by atoms with van der Waals surface area (Å²) in [5, 5.41) is 4.70. The molecular formula is C14H18N2O2S. The number of nitrogens with zero attached hydrogens (tertiary/aromatic N) is 1. The minimum Gasteiger partial charge on any atom is -0.352 e. The van der Waals surface area contributed by atoms with Crippen molar-refractivity contribution in [3.05, 3.63) is 28.5 Å². The van der Waals surface area contributed by atoms with Crippen molar-refractivity contribution in [3.8, 4) is 0 Å². The molecule has 0 unspecified atom stereocenters. The molecule has 5 heteroatoms. The highest BCUT2D eigenvalue weighted by Gasteiger charge is 2.17. The average molecular weight is 278 g/mol. The fourth-order valence-corrected chi connectivity index (χ4v) is 2.64. The molecule has 1 aromatic rings. The highest BCUT2D eigenvalue weighted by Crippen LogP contribution is 2.10. The van der Waals surface area contributed by atoms with Crippen LogP contribution in [0.25, 0.3) is 6.08 Å². The quantitative estimate of drug-likeness (QED) is 0.836. The molecule has 0 saturated carbocycles. The Balaban J connectivity index is 1.65. The van der Waals surface area contributed by atoms with Crippen LogP contribution >= 0.6 is 11.3 Å². The van der Waals surface area contributed by atoms with Crippen molar-refractivity contribution in [3.63, 3.8) is 0 Å². The van der Waals surface area contributed by atoms with E-state index >= 15 is 0 Å². The maximum atomic E-state index is 11.7. The molecule has 0 radical (unpaired) electrons. The fraction of sp³-hybridized carbons (Fsp3) is 0.429. The van der Waals surface area contributed by atoms with Crippen molar-refractivity contribution in [2.75, 3.05) is 19.6 Å². The molecule has 0 spiro atoms. The molecule has 1 aromatic heterocycles. The zero-order chi connectivity index (χ0) is 13.5. The number of nitrogens with one attached hydrogen (secondary N) is 1. The van der Waals surface area contributed by atoms with Crippen molar-refractivity contribution in [1.82, 2.24) is 10.2 Å². The molecule has 102 valence electrons. The summed E-state index contributed by atoms with van der Waals surface area (Å²) in [5.74, 6) is -0.0114. The molecule has 1 saturated heterocycles. The number of thiophene rings is 1. The Morgan fingerprint density at radius 3 is 2.84 bits per heavy atom. The second-order valence-electron chi connectivity index (χ2n) is 4.48. The van der Waals surface area contributed by atoms with Crippen LogP contribution in [-0.2, 0) is 9.59 Å². The molecule has 4 nitrogen and oxygen atoms in total. The molecular weight excluding hydrogens is 260 g/mol. The summed E-state index contributed by atoms with van der Waals surface area (Å²) in [6, 6.07) is 3.89. The molecule has 1 N–H and O–H groups in total. The van der Waals surface area contributed by atoms with E-state index < -0.39 is 0 Å². The van der Waals surface area contributed by atoms with Crippen molar-refractivity contribution in [1.29, 1.82) is 0 Å². The molecule has 1 aliphatic rings. The monoisotopic (exact) mass is 278 g/mol. The van der Waals surface area contributed by atoms with Gasteiger partial charge in [-0.3, -0.25) is 9.59 Å². The van der Waals surface area contributed by atoms with Crippen molar-refractivity contribution >= 4 is 29.2 Å². The topological polar surface area (TPSA) is 49.4 Å². The van der Waals surface area contributed by atoms with Gasteiger partial charge in [0.2, 0.25) is 11.8 Å². The Hall–Kier alpha value is -1.62. The molecule has 2 rings (SSSR count). The highest BCUT2D eigenvalue weighted by molar-refractivity contribution is 7.10. The second-order valence-corrected chi connectivity index (χ2v) is 5.46. The van der Waals surface area contributed by atoms with Crippen LogP contribution in [0.15, 0.2) is 23.6 Å². The van der Waals surface area contributed by atoms with Crippen LogP contribution < -0.4 is 5.32 Å². The molecule has 2 heterocycles. The first-order valence-corrected chi connectivity index (χ1v) is 7.41. The summed E-state index contributed by atoms with van der Waals surface area (Å²) in [6.45, 7) is 2.14. The normalized spacial score (nSPS) is 15.1. The Labute approximate surface area is 117 Å². The average Bonchev–Trinajstić information content (AvgIpc) is 3.09. The lowest BCUT2D eigenvalue weighted by molar-refractivity contribution is -0.130. The fourth-order valence-electron chi connectivity index (χ4n) is 2.02. The predicted octanol–water partition coefficient (Wildman–Crippen LogP) is 1.89. The van der Waals surface area contributed by atoms with Gasteiger partial charge >= 0.3 is 0 Å². The predicted molar refractivity (Wildman–Crippen MR) is 76.8 cm³/mol. The maximum absolute atomic E-state index is 11.7. The van der Waals surface area contributed by atoms with E-state index in [0.717, 1.165) is 30.8 Å². The van der Waals surface area contributed by atoms with Gasteiger partial charge in [-0.1, -0.05) is 6.07 Å². The lowest BCUT2D eigenvalue weighted by Crippen LogP contribution is -2.32. The van der Waals surface area contributed by atoms with Crippen LogP contribution in [0.1, 0.15) is 24.1 Å². The van der Waals surface area contributed by atoms with Gasteiger partial charge in [-0.2, -0.15) is 0 Å². The molecule has 19 heavy (non-hydrogen) atoms. The van der Waals surface area contributed by atoms with E-state index in [-0.39, 0.29) is 11.8 Å². The molecule has 0 bridgehead atoms. The maximum Gasteiger partial charge on any atom is 0.244 e. The van der Waals surface area contributed by atoms with Gasteiger partial charge in [0.1, 0.15) is 0 Å². The van der Waals surface area contributed by atoms with E-state index in [1.54, 1.807) is 17.4 Å². The van der Waals surface area contributed by atoms with Gasteiger partial charge in [0.05, 0.1) is 0 Å². The Bertz CT molecular complexity index is 448. The third-order valence-electron chi connectivity index (χ3n) is 3.04. The van der Waals surface area contributed by atoms with Gasteiger partial charge in [-0.25, -0.2) is 0 Å². The summed E-state index contributed by atoms with van der Waals surface area (Å²) < 4.78 is 0. The molecule has 1 fully saturated rings. The van der Waals surface area contributed by atoms with E-state index in [2.05, 4.69) is 5.32 Å². The summed E-state index contributed by atoms with van der Waals surface area (Å²) in [6.07, 6.45) is 5.87. The zero-order valence-electron chi connectivity index (χ0n) is 10.8. The molecule has 0 aliphatic carbocycles. The number of amides is 2. The SMILES string of the molecule is O=C(/C=C/c1cccs1)NCCC(=O)N1CCCC1. The summed E-state index contributed by atoms with van der Waals surface area (Å²) >= 11 is 1.58. The van der Waals surface area contributed by atoms with Crippen LogP contribution in [0, 0.1) is 0 Å². The van der Waals surface area contributed by atoms with Gasteiger partial charge in [-0.05, 0) is 30.4 Å². The van der Waals surface area contributed by atoms with Crippen molar-refractivity contribution in [2.24, 2.45) is 0 Å². The Kier molecular flexibility index (Phi) is 5.15. The Morgan fingerprint density at radius 2 is 2.16 bits per heavy atom. The minimum atomic E-state index is -0.150. The summed E-state index contributed by atoms with van der Waals surface area (Å²) in [5.41, 5.74) is 0. The van der Waals surface area contributed by atoms with Gasteiger partial charge in [0.25, 0.3) is 0 Å². The van der Waals surface area contributed by atoms with Crippen LogP contribution in [0.3, 0.4) is 0 Å². The number of carbonyl (C=O) groups excluding carboxylic acids is 2. The standard InChI is InChI=1S/C14H18N2O2S/c17-13(6-5-12-4-3-11-19-12)15-8-7-14(18)16-9-1-2-10-16/h3-6,11H,1-2,7-10H2,(H,15,17)/b6-5+. The van der Waals surface area contributed by atoms with Crippen LogP contribution in [0.2, 0.25) is 0 Å². The number of carbonyl (C=O) groups is 2. The van der Waals surface area contributed by atoms with Crippen LogP contribution in [0.5, 0.6) is 0 Å². The minimum absolute atomic E-state index is 0.139. The summed E-state index contributed by atoms with van der Waals surface area (Å²) in [7, 11) is 0. The highest BCUT2D eigenvalue weighted by atomic mass is 32.1. The van der Waals surface area contributed by atoms with E-state index in [0.29, 0.717) is 13.0 Å². The first-order chi connectivity index (χ1) is 9.25. The van der Waals surface area contributed by atoms with Crippen molar-refractivity contribution in [2.45, 2.75) is 19.3 Å². The van der Waals surface area contributed by atoms with Crippen molar-refractivity contribution < 1.29 is 9.59 Å². The largest absolute Gasteiger partial charge is 0.352 e. The van der Waals surface area contributed by atoms with E-state index in [9.17, 15) is 9.59 Å². The number of likely N-dealkylation sites (tertiary alicyclic amines) is 1. The second kappa shape index (κ2) is 7.09. The zero-order valence-corrected chi connectivity index (χ0v) is 11.6. The first kappa shape index (κ1) is 13.8. The number of hydrogen-bond donors (Lipinski definition) is 1. The number of hydrogen-bond acceptors (Lipinski definition) is 3. The molecule has 0 aromatic carbocycles. The third-order valence-corrected chi connectivity index (χ3v) is 3.88. The van der Waals surface area contributed by atoms with E-state index in [1.165, 1.54) is 6.08 Å². The number of rotatable bonds is 5. The van der Waals surface area contributed by atoms with Crippen LogP contribution in [-0.4, -0.2) is 36.3 Å².